The molecule has 0 unspecified atom stereocenters. The van der Waals surface area contributed by atoms with Crippen LogP contribution in [0.15, 0.2) is 42.5 Å². The van der Waals surface area contributed by atoms with Gasteiger partial charge in [-0.15, -0.1) is 0 Å². The van der Waals surface area contributed by atoms with Gasteiger partial charge in [0, 0.05) is 17.6 Å². The summed E-state index contributed by atoms with van der Waals surface area (Å²) < 4.78 is 26.6. The van der Waals surface area contributed by atoms with E-state index in [-0.39, 0.29) is 18.5 Å². The number of hydrogen-bond donors (Lipinski definition) is 1. The van der Waals surface area contributed by atoms with Gasteiger partial charge in [0.25, 0.3) is 0 Å². The van der Waals surface area contributed by atoms with Crippen LogP contribution in [0.5, 0.6) is 0 Å². The van der Waals surface area contributed by atoms with Crippen molar-refractivity contribution in [3.05, 3.63) is 64.2 Å². The number of rotatable bonds is 10. The Balaban J connectivity index is 2.46. The van der Waals surface area contributed by atoms with Crippen LogP contribution in [0.4, 0.5) is 5.69 Å². The molecule has 2 aromatic rings. The lowest BCUT2D eigenvalue weighted by Crippen LogP contribution is -2.52. The van der Waals surface area contributed by atoms with E-state index < -0.39 is 28.5 Å². The minimum Gasteiger partial charge on any atom is -0.352 e. The van der Waals surface area contributed by atoms with Gasteiger partial charge in [-0.25, -0.2) is 8.42 Å². The lowest BCUT2D eigenvalue weighted by Gasteiger charge is -2.33. The maximum absolute atomic E-state index is 13.6. The number of halogens is 1. The molecular formula is C25H34ClN3O4S. The molecule has 0 heterocycles. The van der Waals surface area contributed by atoms with E-state index in [0.29, 0.717) is 16.3 Å². The first-order valence-corrected chi connectivity index (χ1v) is 13.5. The molecule has 0 saturated carbocycles. The first kappa shape index (κ1) is 27.7. The maximum atomic E-state index is 13.6. The number of sulfonamides is 1. The molecular weight excluding hydrogens is 474 g/mol. The van der Waals surface area contributed by atoms with E-state index in [9.17, 15) is 18.0 Å². The second-order valence-corrected chi connectivity index (χ2v) is 10.9. The zero-order valence-corrected chi connectivity index (χ0v) is 22.2. The topological polar surface area (TPSA) is 86.8 Å². The largest absolute Gasteiger partial charge is 0.352 e. The zero-order valence-electron chi connectivity index (χ0n) is 20.6. The van der Waals surface area contributed by atoms with Gasteiger partial charge in [0.2, 0.25) is 21.8 Å². The number of carbonyl (C=O) groups is 2. The third-order valence-electron chi connectivity index (χ3n) is 5.83. The fraction of sp³-hybridized carbons (Fsp3) is 0.440. The lowest BCUT2D eigenvalue weighted by atomic mass is 10.1. The van der Waals surface area contributed by atoms with Gasteiger partial charge in [-0.1, -0.05) is 54.9 Å². The Morgan fingerprint density at radius 3 is 2.15 bits per heavy atom. The number of aryl methyl sites for hydroxylation is 2. The van der Waals surface area contributed by atoms with Gasteiger partial charge in [0.15, 0.2) is 0 Å². The number of anilines is 1. The normalized spacial score (nSPS) is 13.1. The molecule has 0 aromatic heterocycles. The Labute approximate surface area is 208 Å². The molecule has 2 aromatic carbocycles. The fourth-order valence-corrected chi connectivity index (χ4v) is 4.79. The quantitative estimate of drug-likeness (QED) is 0.525. The Morgan fingerprint density at radius 1 is 1.03 bits per heavy atom. The molecule has 2 amide bonds. The van der Waals surface area contributed by atoms with E-state index in [2.05, 4.69) is 5.32 Å². The third kappa shape index (κ3) is 6.96. The van der Waals surface area contributed by atoms with Crippen molar-refractivity contribution in [3.8, 4) is 0 Å². The second kappa shape index (κ2) is 11.7. The van der Waals surface area contributed by atoms with Crippen LogP contribution >= 0.6 is 11.6 Å². The number of hydrogen-bond acceptors (Lipinski definition) is 4. The molecule has 9 heteroatoms. The van der Waals surface area contributed by atoms with Crippen molar-refractivity contribution in [2.75, 3.05) is 17.1 Å². The predicted molar refractivity (Wildman–Crippen MR) is 137 cm³/mol. The highest BCUT2D eigenvalue weighted by atomic mass is 35.5. The van der Waals surface area contributed by atoms with Crippen LogP contribution in [-0.4, -0.2) is 50.0 Å². The number of amides is 2. The van der Waals surface area contributed by atoms with Gasteiger partial charge in [-0.05, 0) is 56.9 Å². The fourth-order valence-electron chi connectivity index (χ4n) is 3.63. The number of nitrogens with one attached hydrogen (secondary N) is 1. The predicted octanol–water partition coefficient (Wildman–Crippen LogP) is 4.05. The van der Waals surface area contributed by atoms with E-state index in [0.717, 1.165) is 28.1 Å². The van der Waals surface area contributed by atoms with E-state index in [1.54, 1.807) is 57.2 Å². The number of carbonyl (C=O) groups excluding carboxylic acids is 2. The van der Waals surface area contributed by atoms with Gasteiger partial charge < -0.3 is 10.2 Å². The summed E-state index contributed by atoms with van der Waals surface area (Å²) in [6.45, 7) is 8.71. The van der Waals surface area contributed by atoms with Crippen molar-refractivity contribution >= 4 is 39.1 Å². The third-order valence-corrected chi connectivity index (χ3v) is 7.32. The minimum atomic E-state index is -3.78. The number of benzene rings is 2. The van der Waals surface area contributed by atoms with Gasteiger partial charge in [0.05, 0.1) is 11.9 Å². The summed E-state index contributed by atoms with van der Waals surface area (Å²) in [7, 11) is -3.78. The second-order valence-electron chi connectivity index (χ2n) is 8.62. The van der Waals surface area contributed by atoms with E-state index in [4.69, 9.17) is 11.6 Å². The van der Waals surface area contributed by atoms with Crippen LogP contribution in [-0.2, 0) is 26.2 Å². The minimum absolute atomic E-state index is 0.0608. The zero-order chi connectivity index (χ0) is 25.6. The summed E-state index contributed by atoms with van der Waals surface area (Å²) in [6, 6.07) is 11.6. The van der Waals surface area contributed by atoms with Gasteiger partial charge in [-0.3, -0.25) is 13.9 Å². The van der Waals surface area contributed by atoms with Crippen LogP contribution in [0.3, 0.4) is 0 Å². The van der Waals surface area contributed by atoms with Crippen molar-refractivity contribution < 1.29 is 18.0 Å². The Hall–Kier alpha value is -2.58. The lowest BCUT2D eigenvalue weighted by molar-refractivity contribution is -0.139. The molecule has 0 aliphatic rings. The molecule has 0 aliphatic carbocycles. The first-order valence-electron chi connectivity index (χ1n) is 11.2. The SMILES string of the molecule is CC[C@@H](C)NC(=O)[C@H](C)N(Cc1ccccc1Cl)C(=O)CN(c1c(C)cccc1C)S(C)(=O)=O. The number of para-hydroxylation sites is 1. The Morgan fingerprint density at radius 2 is 1.62 bits per heavy atom. The highest BCUT2D eigenvalue weighted by Gasteiger charge is 2.31. The van der Waals surface area contributed by atoms with Crippen molar-refractivity contribution in [2.24, 2.45) is 0 Å². The molecule has 0 spiro atoms. The molecule has 1 N–H and O–H groups in total. The summed E-state index contributed by atoms with van der Waals surface area (Å²) in [4.78, 5) is 27.9. The molecule has 186 valence electrons. The summed E-state index contributed by atoms with van der Waals surface area (Å²) in [6.07, 6.45) is 1.81. The van der Waals surface area contributed by atoms with E-state index >= 15 is 0 Å². The van der Waals surface area contributed by atoms with Gasteiger partial charge in [-0.2, -0.15) is 0 Å². The van der Waals surface area contributed by atoms with Crippen molar-refractivity contribution in [2.45, 2.75) is 59.7 Å². The molecule has 34 heavy (non-hydrogen) atoms. The monoisotopic (exact) mass is 507 g/mol. The molecule has 0 aliphatic heterocycles. The standard InChI is InChI=1S/C25H34ClN3O4S/c1-7-19(4)27-25(31)20(5)28(15-21-13-8-9-14-22(21)26)23(30)16-29(34(6,32)33)24-17(2)11-10-12-18(24)3/h8-14,19-20H,7,15-16H2,1-6H3,(H,27,31)/t19-,20+/m1/s1. The van der Waals surface area contributed by atoms with Crippen LogP contribution in [0.2, 0.25) is 5.02 Å². The Bertz CT molecular complexity index is 1120. The molecule has 0 radical (unpaired) electrons. The molecule has 0 fully saturated rings. The molecule has 0 saturated heterocycles. The van der Waals surface area contributed by atoms with Crippen LogP contribution < -0.4 is 9.62 Å². The van der Waals surface area contributed by atoms with Crippen molar-refractivity contribution in [3.63, 3.8) is 0 Å². The van der Waals surface area contributed by atoms with Crippen LogP contribution in [0, 0.1) is 13.8 Å². The van der Waals surface area contributed by atoms with E-state index in [1.165, 1.54) is 4.90 Å². The summed E-state index contributed by atoms with van der Waals surface area (Å²) in [5.74, 6) is -0.812. The average Bonchev–Trinajstić information content (AvgIpc) is 2.76. The number of nitrogens with zero attached hydrogens (tertiary/aromatic N) is 2. The van der Waals surface area contributed by atoms with E-state index in [1.807, 2.05) is 19.9 Å². The van der Waals surface area contributed by atoms with Gasteiger partial charge in [0.1, 0.15) is 12.6 Å². The molecule has 2 rings (SSSR count). The average molecular weight is 508 g/mol. The smallest absolute Gasteiger partial charge is 0.244 e. The highest BCUT2D eigenvalue weighted by molar-refractivity contribution is 7.92. The molecule has 2 atom stereocenters. The molecule has 7 nitrogen and oxygen atoms in total. The van der Waals surface area contributed by atoms with Crippen molar-refractivity contribution in [1.82, 2.24) is 10.2 Å². The maximum Gasteiger partial charge on any atom is 0.244 e. The summed E-state index contributed by atoms with van der Waals surface area (Å²) in [5.41, 5.74) is 2.60. The van der Waals surface area contributed by atoms with Crippen molar-refractivity contribution in [1.29, 1.82) is 0 Å². The van der Waals surface area contributed by atoms with Crippen LogP contribution in [0.25, 0.3) is 0 Å². The summed E-state index contributed by atoms with van der Waals surface area (Å²) in [5, 5.41) is 3.36. The first-order chi connectivity index (χ1) is 15.9. The van der Waals surface area contributed by atoms with Crippen LogP contribution in [0.1, 0.15) is 43.9 Å². The summed E-state index contributed by atoms with van der Waals surface area (Å²) >= 11 is 6.34. The van der Waals surface area contributed by atoms with Gasteiger partial charge >= 0.3 is 0 Å². The molecule has 0 bridgehead atoms. The Kier molecular flexibility index (Phi) is 9.53. The highest BCUT2D eigenvalue weighted by Crippen LogP contribution is 2.27.